The van der Waals surface area contributed by atoms with Gasteiger partial charge in [0.25, 0.3) is 5.91 Å². The van der Waals surface area contributed by atoms with Crippen molar-refractivity contribution in [1.82, 2.24) is 14.5 Å². The number of hydrogen-bond donors (Lipinski definition) is 2. The van der Waals surface area contributed by atoms with Crippen LogP contribution >= 0.6 is 11.6 Å². The number of β-amino-alcohol motifs (C(OH)–C–C–N with tert-alkyl or cyclic N) is 1. The fourth-order valence-corrected chi connectivity index (χ4v) is 11.4. The third-order valence-corrected chi connectivity index (χ3v) is 15.5. The number of aryl methyl sites for hydroxylation is 1. The summed E-state index contributed by atoms with van der Waals surface area (Å²) in [5.74, 6) is 5.01. The van der Waals surface area contributed by atoms with Gasteiger partial charge in [-0.15, -0.1) is 0 Å². The Balaban J connectivity index is 1.28. The Hall–Kier alpha value is -2.30. The normalized spacial score (nSPS) is 35.9. The minimum atomic E-state index is -2.94. The number of amides is 1. The lowest BCUT2D eigenvalue weighted by molar-refractivity contribution is -0.105. The van der Waals surface area contributed by atoms with E-state index < -0.39 is 15.3 Å². The van der Waals surface area contributed by atoms with E-state index >= 15 is 0 Å². The average molecular weight is 725 g/mol. The summed E-state index contributed by atoms with van der Waals surface area (Å²) in [6, 6.07) is 11.9. The van der Waals surface area contributed by atoms with Crippen LogP contribution in [-0.4, -0.2) is 101 Å². The molecular formula is C40H57ClN4O4S. The molecule has 2 bridgehead atoms. The third-order valence-electron chi connectivity index (χ3n) is 13.1. The fourth-order valence-electron chi connectivity index (χ4n) is 9.71. The first-order chi connectivity index (χ1) is 23.9. The minimum Gasteiger partial charge on any atom is -0.490 e. The number of anilines is 1. The molecular weight excluding hydrogens is 668 g/mol. The Morgan fingerprint density at radius 3 is 2.68 bits per heavy atom. The van der Waals surface area contributed by atoms with Crippen molar-refractivity contribution in [1.29, 1.82) is 0 Å². The first kappa shape index (κ1) is 36.1. The Labute approximate surface area is 305 Å². The molecule has 1 spiro atoms. The van der Waals surface area contributed by atoms with Crippen molar-refractivity contribution in [2.24, 2.45) is 17.8 Å². The van der Waals surface area contributed by atoms with E-state index in [1.807, 2.05) is 25.1 Å². The molecule has 1 saturated carbocycles. The highest BCUT2D eigenvalue weighted by Gasteiger charge is 2.49. The lowest BCUT2D eigenvalue weighted by Crippen LogP contribution is -2.57. The predicted octanol–water partition coefficient (Wildman–Crippen LogP) is 5.78. The van der Waals surface area contributed by atoms with E-state index in [1.165, 1.54) is 11.1 Å². The van der Waals surface area contributed by atoms with E-state index in [1.54, 1.807) is 6.07 Å². The summed E-state index contributed by atoms with van der Waals surface area (Å²) in [5, 5.41) is 13.3. The second-order valence-corrected chi connectivity index (χ2v) is 19.3. The molecule has 1 unspecified atom stereocenters. The molecule has 7 rings (SSSR count). The van der Waals surface area contributed by atoms with Crippen LogP contribution in [0.3, 0.4) is 0 Å². The van der Waals surface area contributed by atoms with Crippen LogP contribution in [0.5, 0.6) is 5.75 Å². The van der Waals surface area contributed by atoms with Crippen molar-refractivity contribution in [2.45, 2.75) is 87.9 Å². The lowest BCUT2D eigenvalue weighted by atomic mass is 9.62. The molecule has 50 heavy (non-hydrogen) atoms. The molecule has 2 N–H and O–H groups in total. The van der Waals surface area contributed by atoms with Crippen molar-refractivity contribution in [3.05, 3.63) is 58.1 Å². The van der Waals surface area contributed by atoms with Gasteiger partial charge in [-0.1, -0.05) is 31.0 Å². The maximum absolute atomic E-state index is 14.0. The van der Waals surface area contributed by atoms with Crippen molar-refractivity contribution in [2.75, 3.05) is 64.4 Å². The topological polar surface area (TPSA) is 85.3 Å². The number of nitrogens with zero attached hydrogens (tertiary/aromatic N) is 3. The Bertz CT molecular complexity index is 1690. The second-order valence-electron chi connectivity index (χ2n) is 16.5. The molecule has 8 nitrogen and oxygen atoms in total. The largest absolute Gasteiger partial charge is 0.490 e. The van der Waals surface area contributed by atoms with Gasteiger partial charge < -0.3 is 19.6 Å². The number of nitrogens with one attached hydrogen (secondary N) is 1. The number of halogens is 1. The van der Waals surface area contributed by atoms with Gasteiger partial charge in [0.1, 0.15) is 5.75 Å². The van der Waals surface area contributed by atoms with Gasteiger partial charge in [-0.3, -0.25) is 14.4 Å². The quantitative estimate of drug-likeness (QED) is 0.381. The number of hydrogen-bond acceptors (Lipinski definition) is 7. The Morgan fingerprint density at radius 2 is 1.88 bits per heavy atom. The molecule has 3 heterocycles. The van der Waals surface area contributed by atoms with Crippen molar-refractivity contribution >= 4 is 38.8 Å². The Kier molecular flexibility index (Phi) is 10.3. The van der Waals surface area contributed by atoms with E-state index in [2.05, 4.69) is 51.4 Å². The second kappa shape index (κ2) is 14.3. The van der Waals surface area contributed by atoms with Gasteiger partial charge in [-0.05, 0) is 144 Å². The first-order valence-electron chi connectivity index (χ1n) is 19.0. The summed E-state index contributed by atoms with van der Waals surface area (Å²) in [6.07, 6.45) is 8.62. The molecule has 2 aromatic rings. The van der Waals surface area contributed by atoms with Gasteiger partial charge >= 0.3 is 0 Å². The SMILES string of the molecule is C=S1(=O)NC(=O)c2ccc3c(c2)N(C[C@@H]2CC[C@H]2[C@](O)(CN2CCCN(C)CC2)CCC[C@H](C)[C@H]1C)C[C@@]1(CCCc2cc(Cl)ccc21)CO3. The number of fused-ring (bicyclic) bond motifs is 4. The molecule has 1 saturated heterocycles. The Morgan fingerprint density at radius 1 is 1.04 bits per heavy atom. The maximum Gasteiger partial charge on any atom is 0.262 e. The van der Waals surface area contributed by atoms with E-state index in [0.717, 1.165) is 107 Å². The van der Waals surface area contributed by atoms with E-state index in [0.29, 0.717) is 31.1 Å². The van der Waals surface area contributed by atoms with Crippen LogP contribution in [0.25, 0.3) is 0 Å². The molecule has 10 heteroatoms. The summed E-state index contributed by atoms with van der Waals surface area (Å²) in [6.45, 7) is 10.9. The number of aliphatic hydroxyl groups is 1. The standard InChI is InChI=1S/C40H57ClN4O4S/c1-28-8-5-17-40(47,26-44-19-7-18-43(3)20-21-44)35-13-10-32(35)24-45-25-39(16-6-9-30-22-33(41)12-14-34(30)39)27-49-37-15-11-31(23-36(37)45)38(46)42-50(4,48)29(28)2/h11-12,14-15,22-23,28-29,32,35,47H,4-10,13,16-21,24-27H2,1-3H3,(H,42,46,48)/t28-,29+,32-,35+,39-,40+,50?/m0/s1. The maximum atomic E-state index is 14.0. The van der Waals surface area contributed by atoms with Gasteiger partial charge in [-0.25, -0.2) is 4.21 Å². The van der Waals surface area contributed by atoms with Crippen molar-refractivity contribution < 1.29 is 18.8 Å². The van der Waals surface area contributed by atoms with E-state index in [-0.39, 0.29) is 28.4 Å². The summed E-state index contributed by atoms with van der Waals surface area (Å²) >= 11 is 6.49. The van der Waals surface area contributed by atoms with Gasteiger partial charge in [0, 0.05) is 54.0 Å². The monoisotopic (exact) mass is 724 g/mol. The highest BCUT2D eigenvalue weighted by atomic mass is 35.5. The summed E-state index contributed by atoms with van der Waals surface area (Å²) < 4.78 is 23.5. The molecule has 5 aliphatic rings. The van der Waals surface area contributed by atoms with Crippen LogP contribution in [0.4, 0.5) is 5.69 Å². The molecule has 0 radical (unpaired) electrons. The van der Waals surface area contributed by atoms with Crippen LogP contribution < -0.4 is 14.4 Å². The zero-order valence-electron chi connectivity index (χ0n) is 30.3. The van der Waals surface area contributed by atoms with Crippen LogP contribution in [-0.2, 0) is 21.5 Å². The fraction of sp³-hybridized carbons (Fsp3) is 0.650. The van der Waals surface area contributed by atoms with Crippen LogP contribution in [0, 0.1) is 17.8 Å². The number of benzene rings is 2. The number of likely N-dealkylation sites (N-methyl/N-ethyl adjacent to an activating group) is 1. The van der Waals surface area contributed by atoms with Gasteiger partial charge in [0.15, 0.2) is 0 Å². The lowest BCUT2D eigenvalue weighted by Gasteiger charge is -2.51. The number of rotatable bonds is 2. The van der Waals surface area contributed by atoms with Crippen LogP contribution in [0.2, 0.25) is 5.02 Å². The summed E-state index contributed by atoms with van der Waals surface area (Å²) in [5.41, 5.74) is 2.90. The molecule has 2 aliphatic carbocycles. The third kappa shape index (κ3) is 7.19. The highest BCUT2D eigenvalue weighted by molar-refractivity contribution is 7.99. The van der Waals surface area contributed by atoms with Crippen molar-refractivity contribution in [3.63, 3.8) is 0 Å². The van der Waals surface area contributed by atoms with Gasteiger partial charge in [0.05, 0.1) is 27.6 Å². The molecule has 0 aromatic heterocycles. The summed E-state index contributed by atoms with van der Waals surface area (Å²) in [7, 11) is -0.744. The first-order valence-corrected chi connectivity index (χ1v) is 21.1. The predicted molar refractivity (Wildman–Crippen MR) is 205 cm³/mol. The van der Waals surface area contributed by atoms with Crippen molar-refractivity contribution in [3.8, 4) is 5.75 Å². The molecule has 3 aliphatic heterocycles. The molecule has 1 amide bonds. The zero-order chi connectivity index (χ0) is 35.3. The highest BCUT2D eigenvalue weighted by Crippen LogP contribution is 2.49. The molecule has 2 fully saturated rings. The van der Waals surface area contributed by atoms with Crippen LogP contribution in [0.15, 0.2) is 36.4 Å². The zero-order valence-corrected chi connectivity index (χ0v) is 31.9. The molecule has 274 valence electrons. The average Bonchev–Trinajstić information content (AvgIpc) is 3.35. The van der Waals surface area contributed by atoms with Gasteiger partial charge in [-0.2, -0.15) is 0 Å². The van der Waals surface area contributed by atoms with Gasteiger partial charge in [0.2, 0.25) is 0 Å². The summed E-state index contributed by atoms with van der Waals surface area (Å²) in [4.78, 5) is 21.1. The smallest absolute Gasteiger partial charge is 0.262 e. The number of ether oxygens (including phenoxy) is 1. The minimum absolute atomic E-state index is 0.0712. The van der Waals surface area contributed by atoms with Crippen LogP contribution in [0.1, 0.15) is 86.7 Å². The molecule has 7 atom stereocenters. The van der Waals surface area contributed by atoms with E-state index in [4.69, 9.17) is 16.3 Å². The van der Waals surface area contributed by atoms with E-state index in [9.17, 15) is 14.1 Å². The number of carbonyl (C=O) groups is 1. The molecule has 2 aromatic carbocycles. The number of carbonyl (C=O) groups excluding carboxylic acids is 1.